The van der Waals surface area contributed by atoms with Gasteiger partial charge < -0.3 is 14.1 Å². The van der Waals surface area contributed by atoms with Gasteiger partial charge in [-0.25, -0.2) is 0 Å². The Balaban J connectivity index is 1.54. The Morgan fingerprint density at radius 3 is 2.33 bits per heavy atom. The van der Waals surface area contributed by atoms with Gasteiger partial charge in [-0.15, -0.1) is 10.2 Å². The highest BCUT2D eigenvalue weighted by molar-refractivity contribution is 5.79. The summed E-state index contributed by atoms with van der Waals surface area (Å²) in [5, 5.41) is 8.02. The number of amides is 1. The quantitative estimate of drug-likeness (QED) is 0.838. The van der Waals surface area contributed by atoms with Crippen LogP contribution in [0.3, 0.4) is 0 Å². The number of carbonyl (C=O) groups excluding carboxylic acids is 1. The van der Waals surface area contributed by atoms with Crippen LogP contribution in [0.2, 0.25) is 0 Å². The Morgan fingerprint density at radius 2 is 1.79 bits per heavy atom. The Bertz CT molecular complexity index is 558. The van der Waals surface area contributed by atoms with Crippen LogP contribution in [0.5, 0.6) is 0 Å². The number of morpholine rings is 1. The molecule has 0 unspecified atom stereocenters. The number of aromatic nitrogens is 2. The maximum absolute atomic E-state index is 12.8. The summed E-state index contributed by atoms with van der Waals surface area (Å²) in [7, 11) is 0. The van der Waals surface area contributed by atoms with E-state index in [0.29, 0.717) is 24.9 Å². The van der Waals surface area contributed by atoms with Gasteiger partial charge in [-0.3, -0.25) is 9.69 Å². The lowest BCUT2D eigenvalue weighted by atomic mass is 9.94. The van der Waals surface area contributed by atoms with Crippen molar-refractivity contribution in [2.75, 3.05) is 26.2 Å². The number of carbonyl (C=O) groups is 1. The van der Waals surface area contributed by atoms with Gasteiger partial charge in [0.1, 0.15) is 0 Å². The average Bonchev–Trinajstić information content (AvgIpc) is 2.99. The number of hydrogen-bond acceptors (Lipinski definition) is 6. The molecule has 1 amide bonds. The zero-order valence-corrected chi connectivity index (χ0v) is 15.1. The van der Waals surface area contributed by atoms with Gasteiger partial charge in [0.05, 0.1) is 18.2 Å². The van der Waals surface area contributed by atoms with Crippen molar-refractivity contribution >= 4 is 5.91 Å². The molecular weight excluding hydrogens is 308 g/mol. The molecule has 1 aromatic rings. The smallest absolute Gasteiger partial charge is 0.233 e. The van der Waals surface area contributed by atoms with Crippen LogP contribution in [0.15, 0.2) is 4.42 Å². The van der Waals surface area contributed by atoms with Crippen LogP contribution in [0.1, 0.15) is 51.4 Å². The average molecular weight is 336 g/mol. The molecule has 0 aliphatic carbocycles. The van der Waals surface area contributed by atoms with E-state index in [1.807, 2.05) is 18.7 Å². The van der Waals surface area contributed by atoms with Crippen molar-refractivity contribution in [1.82, 2.24) is 20.0 Å². The Labute approximate surface area is 143 Å². The zero-order valence-electron chi connectivity index (χ0n) is 15.1. The number of hydrogen-bond donors (Lipinski definition) is 0. The number of rotatable bonds is 3. The SMILES string of the molecule is Cc1nnc([C@H](C)N2CCC(C(=O)N3C[C@H](C)O[C@@H](C)C3)CC2)o1. The molecule has 7 nitrogen and oxygen atoms in total. The van der Waals surface area contributed by atoms with E-state index < -0.39 is 0 Å². The molecular formula is C17H28N4O3. The van der Waals surface area contributed by atoms with Crippen molar-refractivity contribution in [2.45, 2.75) is 58.8 Å². The van der Waals surface area contributed by atoms with Crippen LogP contribution in [0, 0.1) is 12.8 Å². The first-order valence-electron chi connectivity index (χ1n) is 8.92. The lowest BCUT2D eigenvalue weighted by molar-refractivity contribution is -0.149. The molecule has 2 aliphatic rings. The van der Waals surface area contributed by atoms with Gasteiger partial charge >= 0.3 is 0 Å². The number of likely N-dealkylation sites (tertiary alicyclic amines) is 1. The summed E-state index contributed by atoms with van der Waals surface area (Å²) in [4.78, 5) is 17.1. The van der Waals surface area contributed by atoms with Crippen molar-refractivity contribution in [3.8, 4) is 0 Å². The fourth-order valence-corrected chi connectivity index (χ4v) is 3.79. The van der Waals surface area contributed by atoms with Crippen LogP contribution in [0.25, 0.3) is 0 Å². The molecule has 2 fully saturated rings. The highest BCUT2D eigenvalue weighted by atomic mass is 16.5. The Morgan fingerprint density at radius 1 is 1.17 bits per heavy atom. The maximum atomic E-state index is 12.8. The molecule has 1 aromatic heterocycles. The maximum Gasteiger partial charge on any atom is 0.233 e. The second-order valence-electron chi connectivity index (χ2n) is 7.15. The number of piperidine rings is 1. The molecule has 3 heterocycles. The fourth-order valence-electron chi connectivity index (χ4n) is 3.79. The van der Waals surface area contributed by atoms with E-state index in [4.69, 9.17) is 9.15 Å². The van der Waals surface area contributed by atoms with Gasteiger partial charge in [-0.05, 0) is 46.7 Å². The minimum atomic E-state index is 0.102. The van der Waals surface area contributed by atoms with Gasteiger partial charge in [-0.2, -0.15) is 0 Å². The number of ether oxygens (including phenoxy) is 1. The van der Waals surface area contributed by atoms with E-state index >= 15 is 0 Å². The molecule has 0 spiro atoms. The van der Waals surface area contributed by atoms with Crippen molar-refractivity contribution in [3.63, 3.8) is 0 Å². The first-order chi connectivity index (χ1) is 11.4. The third kappa shape index (κ3) is 3.78. The normalized spacial score (nSPS) is 28.1. The van der Waals surface area contributed by atoms with Crippen LogP contribution >= 0.6 is 0 Å². The first-order valence-corrected chi connectivity index (χ1v) is 8.92. The summed E-state index contributed by atoms with van der Waals surface area (Å²) in [5.74, 6) is 1.67. The second-order valence-corrected chi connectivity index (χ2v) is 7.15. The van der Waals surface area contributed by atoms with Gasteiger partial charge in [0.15, 0.2) is 0 Å². The standard InChI is InChI=1S/C17H28N4O3/c1-11-9-21(10-12(2)23-11)17(22)15-5-7-20(8-6-15)13(3)16-19-18-14(4)24-16/h11-13,15H,5-10H2,1-4H3/t11-,12-,13-/m0/s1. The first kappa shape index (κ1) is 17.4. The summed E-state index contributed by atoms with van der Waals surface area (Å²) in [6.07, 6.45) is 2.02. The largest absolute Gasteiger partial charge is 0.424 e. The van der Waals surface area contributed by atoms with E-state index in [2.05, 4.69) is 22.0 Å². The summed E-state index contributed by atoms with van der Waals surface area (Å²) >= 11 is 0. The molecule has 3 atom stereocenters. The summed E-state index contributed by atoms with van der Waals surface area (Å²) in [6.45, 7) is 11.1. The van der Waals surface area contributed by atoms with Gasteiger partial charge in [-0.1, -0.05) is 0 Å². The molecule has 24 heavy (non-hydrogen) atoms. The topological polar surface area (TPSA) is 71.7 Å². The molecule has 0 bridgehead atoms. The Kier molecular flexibility index (Phi) is 5.20. The molecule has 134 valence electrons. The minimum Gasteiger partial charge on any atom is -0.424 e. The number of aryl methyl sites for hydroxylation is 1. The lowest BCUT2D eigenvalue weighted by Crippen LogP contribution is -2.51. The minimum absolute atomic E-state index is 0.102. The van der Waals surface area contributed by atoms with Crippen molar-refractivity contribution < 1.29 is 13.9 Å². The summed E-state index contributed by atoms with van der Waals surface area (Å²) < 4.78 is 11.3. The highest BCUT2D eigenvalue weighted by Crippen LogP contribution is 2.27. The molecule has 2 aliphatic heterocycles. The van der Waals surface area contributed by atoms with E-state index in [9.17, 15) is 4.79 Å². The predicted molar refractivity (Wildman–Crippen MR) is 88.3 cm³/mol. The third-order valence-electron chi connectivity index (χ3n) is 5.06. The fraction of sp³-hybridized carbons (Fsp3) is 0.824. The van der Waals surface area contributed by atoms with Crippen molar-refractivity contribution in [3.05, 3.63) is 11.8 Å². The lowest BCUT2D eigenvalue weighted by Gasteiger charge is -2.40. The Hall–Kier alpha value is -1.47. The molecule has 0 radical (unpaired) electrons. The molecule has 3 rings (SSSR count). The molecule has 0 saturated carbocycles. The highest BCUT2D eigenvalue weighted by Gasteiger charge is 2.34. The van der Waals surface area contributed by atoms with E-state index in [1.54, 1.807) is 6.92 Å². The van der Waals surface area contributed by atoms with E-state index in [-0.39, 0.29) is 30.1 Å². The van der Waals surface area contributed by atoms with Gasteiger partial charge in [0.2, 0.25) is 17.7 Å². The van der Waals surface area contributed by atoms with Crippen LogP contribution < -0.4 is 0 Å². The van der Waals surface area contributed by atoms with Crippen LogP contribution in [0.4, 0.5) is 0 Å². The second kappa shape index (κ2) is 7.19. The van der Waals surface area contributed by atoms with Crippen molar-refractivity contribution in [1.29, 1.82) is 0 Å². The summed E-state index contributed by atoms with van der Waals surface area (Å²) in [5.41, 5.74) is 0. The number of nitrogens with zero attached hydrogens (tertiary/aromatic N) is 4. The predicted octanol–water partition coefficient (Wildman–Crippen LogP) is 1.79. The molecule has 0 N–H and O–H groups in total. The molecule has 0 aromatic carbocycles. The van der Waals surface area contributed by atoms with E-state index in [0.717, 1.165) is 25.9 Å². The zero-order chi connectivity index (χ0) is 17.3. The van der Waals surface area contributed by atoms with Crippen LogP contribution in [-0.4, -0.2) is 64.3 Å². The molecule has 7 heteroatoms. The van der Waals surface area contributed by atoms with Gasteiger partial charge in [0.25, 0.3) is 0 Å². The van der Waals surface area contributed by atoms with E-state index in [1.165, 1.54) is 0 Å². The molecule has 2 saturated heterocycles. The third-order valence-corrected chi connectivity index (χ3v) is 5.06. The summed E-state index contributed by atoms with van der Waals surface area (Å²) in [6, 6.07) is 0.102. The van der Waals surface area contributed by atoms with Crippen LogP contribution in [-0.2, 0) is 9.53 Å². The van der Waals surface area contributed by atoms with Gasteiger partial charge in [0, 0.05) is 25.9 Å². The van der Waals surface area contributed by atoms with Crippen molar-refractivity contribution in [2.24, 2.45) is 5.92 Å². The monoisotopic (exact) mass is 336 g/mol.